The average Bonchev–Trinajstić information content (AvgIpc) is 2.92. The fourth-order valence-electron chi connectivity index (χ4n) is 2.21. The number of benzene rings is 1. The van der Waals surface area contributed by atoms with Gasteiger partial charge in [0.05, 0.1) is 0 Å². The van der Waals surface area contributed by atoms with Crippen molar-refractivity contribution in [2.75, 3.05) is 0 Å². The van der Waals surface area contributed by atoms with E-state index < -0.39 is 12.0 Å². The van der Waals surface area contributed by atoms with E-state index in [0.29, 0.717) is 18.9 Å². The fourth-order valence-corrected chi connectivity index (χ4v) is 3.44. The van der Waals surface area contributed by atoms with Crippen LogP contribution in [0.4, 0.5) is 0 Å². The summed E-state index contributed by atoms with van der Waals surface area (Å²) in [5, 5.41) is 12.4. The van der Waals surface area contributed by atoms with Crippen molar-refractivity contribution in [2.45, 2.75) is 32.9 Å². The highest BCUT2D eigenvalue weighted by atomic mass is 79.9. The van der Waals surface area contributed by atoms with Crippen LogP contribution >= 0.6 is 27.3 Å². The van der Waals surface area contributed by atoms with Crippen LogP contribution in [0.5, 0.6) is 0 Å². The lowest BCUT2D eigenvalue weighted by atomic mass is 10.0. The molecule has 2 rings (SSSR count). The van der Waals surface area contributed by atoms with Crippen LogP contribution in [0.25, 0.3) is 10.4 Å². The molecule has 0 amide bonds. The highest BCUT2D eigenvalue weighted by Crippen LogP contribution is 2.29. The highest BCUT2D eigenvalue weighted by Gasteiger charge is 2.18. The van der Waals surface area contributed by atoms with Gasteiger partial charge in [-0.3, -0.25) is 10.1 Å². The number of aliphatic carboxylic acids is 1. The summed E-state index contributed by atoms with van der Waals surface area (Å²) in [6, 6.07) is 11.9. The predicted octanol–water partition coefficient (Wildman–Crippen LogP) is 4.77. The summed E-state index contributed by atoms with van der Waals surface area (Å²) in [5.74, 6) is -0.423. The second-order valence-corrected chi connectivity index (χ2v) is 7.76. The molecular formula is C17H20BrNO2S. The first-order valence-corrected chi connectivity index (χ1v) is 8.87. The molecule has 1 atom stereocenters. The third kappa shape index (κ3) is 4.93. The third-order valence-corrected chi connectivity index (χ3v) is 4.98. The second kappa shape index (κ2) is 7.90. The summed E-state index contributed by atoms with van der Waals surface area (Å²) in [7, 11) is 0. The van der Waals surface area contributed by atoms with E-state index in [1.807, 2.05) is 26.0 Å². The SMILES string of the molecule is CC(C)C[C@@H](NCc1ccc(-c2ccc(Br)cc2)s1)C(=O)O. The molecule has 0 unspecified atom stereocenters. The van der Waals surface area contributed by atoms with Crippen LogP contribution in [0.3, 0.4) is 0 Å². The standard InChI is InChI=1S/C17H20BrNO2S/c1-11(2)9-15(17(20)21)19-10-14-7-8-16(22-14)12-3-5-13(18)6-4-12/h3-8,11,15,19H,9-10H2,1-2H3,(H,20,21)/t15-/m1/s1. The minimum absolute atomic E-state index is 0.357. The van der Waals surface area contributed by atoms with Crippen LogP contribution in [0.15, 0.2) is 40.9 Å². The molecule has 118 valence electrons. The Balaban J connectivity index is 1.99. The number of halogens is 1. The van der Waals surface area contributed by atoms with E-state index in [9.17, 15) is 9.90 Å². The van der Waals surface area contributed by atoms with E-state index in [4.69, 9.17) is 0 Å². The maximum atomic E-state index is 11.3. The Labute approximate surface area is 143 Å². The summed E-state index contributed by atoms with van der Waals surface area (Å²) >= 11 is 5.13. The first-order chi connectivity index (χ1) is 10.5. The molecule has 1 heterocycles. The van der Waals surface area contributed by atoms with Crippen molar-refractivity contribution in [3.63, 3.8) is 0 Å². The lowest BCUT2D eigenvalue weighted by Crippen LogP contribution is -2.37. The summed E-state index contributed by atoms with van der Waals surface area (Å²) in [5.41, 5.74) is 1.18. The Morgan fingerprint density at radius 1 is 1.23 bits per heavy atom. The quantitative estimate of drug-likeness (QED) is 0.726. The van der Waals surface area contributed by atoms with Gasteiger partial charge < -0.3 is 5.11 Å². The van der Waals surface area contributed by atoms with Crippen LogP contribution in [-0.4, -0.2) is 17.1 Å². The maximum Gasteiger partial charge on any atom is 0.320 e. The molecule has 2 aromatic rings. The monoisotopic (exact) mass is 381 g/mol. The number of hydrogen-bond acceptors (Lipinski definition) is 3. The topological polar surface area (TPSA) is 49.3 Å². The van der Waals surface area contributed by atoms with Gasteiger partial charge in [0, 0.05) is 20.8 Å². The molecule has 0 saturated heterocycles. The zero-order valence-electron chi connectivity index (χ0n) is 12.7. The first kappa shape index (κ1) is 17.2. The zero-order chi connectivity index (χ0) is 16.1. The number of nitrogens with one attached hydrogen (secondary N) is 1. The number of carbonyl (C=O) groups is 1. The molecule has 0 radical (unpaired) electrons. The Bertz CT molecular complexity index is 622. The number of thiophene rings is 1. The highest BCUT2D eigenvalue weighted by molar-refractivity contribution is 9.10. The average molecular weight is 382 g/mol. The molecule has 0 aliphatic heterocycles. The molecule has 0 bridgehead atoms. The zero-order valence-corrected chi connectivity index (χ0v) is 15.1. The predicted molar refractivity (Wildman–Crippen MR) is 95.2 cm³/mol. The lowest BCUT2D eigenvalue weighted by molar-refractivity contribution is -0.140. The van der Waals surface area contributed by atoms with E-state index in [0.717, 1.165) is 9.35 Å². The van der Waals surface area contributed by atoms with E-state index in [-0.39, 0.29) is 0 Å². The summed E-state index contributed by atoms with van der Waals surface area (Å²) in [4.78, 5) is 13.6. The Kier molecular flexibility index (Phi) is 6.17. The fraction of sp³-hybridized carbons (Fsp3) is 0.353. The molecule has 0 aliphatic carbocycles. The van der Waals surface area contributed by atoms with Crippen molar-refractivity contribution in [1.29, 1.82) is 0 Å². The lowest BCUT2D eigenvalue weighted by Gasteiger charge is -2.15. The normalized spacial score (nSPS) is 12.5. The molecule has 0 fully saturated rings. The summed E-state index contributed by atoms with van der Waals surface area (Å²) < 4.78 is 1.06. The second-order valence-electron chi connectivity index (χ2n) is 5.67. The molecule has 2 N–H and O–H groups in total. The third-order valence-electron chi connectivity index (χ3n) is 3.32. The number of carboxylic acids is 1. The van der Waals surface area contributed by atoms with Crippen LogP contribution in [0.1, 0.15) is 25.1 Å². The number of carboxylic acid groups (broad SMARTS) is 1. The first-order valence-electron chi connectivity index (χ1n) is 7.26. The minimum Gasteiger partial charge on any atom is -0.480 e. The van der Waals surface area contributed by atoms with Crippen LogP contribution < -0.4 is 5.32 Å². The van der Waals surface area contributed by atoms with Crippen molar-refractivity contribution in [3.8, 4) is 10.4 Å². The summed E-state index contributed by atoms with van der Waals surface area (Å²) in [6.07, 6.45) is 0.639. The molecule has 22 heavy (non-hydrogen) atoms. The van der Waals surface area contributed by atoms with Crippen molar-refractivity contribution < 1.29 is 9.90 Å². The van der Waals surface area contributed by atoms with Gasteiger partial charge in [-0.2, -0.15) is 0 Å². The van der Waals surface area contributed by atoms with Gasteiger partial charge in [0.15, 0.2) is 0 Å². The molecule has 5 heteroatoms. The molecule has 0 saturated carbocycles. The van der Waals surface area contributed by atoms with Crippen molar-refractivity contribution >= 4 is 33.2 Å². The van der Waals surface area contributed by atoms with Crippen molar-refractivity contribution in [3.05, 3.63) is 45.7 Å². The van der Waals surface area contributed by atoms with Gasteiger partial charge in [-0.25, -0.2) is 0 Å². The maximum absolute atomic E-state index is 11.3. The van der Waals surface area contributed by atoms with E-state index in [1.54, 1.807) is 11.3 Å². The van der Waals surface area contributed by atoms with Gasteiger partial charge in [0.25, 0.3) is 0 Å². The van der Waals surface area contributed by atoms with Crippen LogP contribution in [-0.2, 0) is 11.3 Å². The summed E-state index contributed by atoms with van der Waals surface area (Å²) in [6.45, 7) is 4.66. The van der Waals surface area contributed by atoms with Gasteiger partial charge in [0.2, 0.25) is 0 Å². The molecule has 3 nitrogen and oxygen atoms in total. The molecule has 1 aromatic carbocycles. The van der Waals surface area contributed by atoms with E-state index >= 15 is 0 Å². The molecular weight excluding hydrogens is 362 g/mol. The van der Waals surface area contributed by atoms with Crippen LogP contribution in [0, 0.1) is 5.92 Å². The minimum atomic E-state index is -0.779. The van der Waals surface area contributed by atoms with Gasteiger partial charge in [-0.15, -0.1) is 11.3 Å². The van der Waals surface area contributed by atoms with E-state index in [1.165, 1.54) is 10.4 Å². The van der Waals surface area contributed by atoms with Crippen molar-refractivity contribution in [1.82, 2.24) is 5.32 Å². The molecule has 0 aliphatic rings. The smallest absolute Gasteiger partial charge is 0.320 e. The molecule has 1 aromatic heterocycles. The number of rotatable bonds is 7. The Morgan fingerprint density at radius 2 is 1.91 bits per heavy atom. The van der Waals surface area contributed by atoms with Crippen LogP contribution in [0.2, 0.25) is 0 Å². The van der Waals surface area contributed by atoms with Gasteiger partial charge in [0.1, 0.15) is 6.04 Å². The Hall–Kier alpha value is -1.17. The number of hydrogen-bond donors (Lipinski definition) is 2. The van der Waals surface area contributed by atoms with E-state index in [2.05, 4.69) is 45.5 Å². The van der Waals surface area contributed by atoms with Gasteiger partial charge in [-0.1, -0.05) is 41.9 Å². The molecule has 0 spiro atoms. The largest absolute Gasteiger partial charge is 0.480 e. The Morgan fingerprint density at radius 3 is 2.50 bits per heavy atom. The van der Waals surface area contributed by atoms with Crippen molar-refractivity contribution in [2.24, 2.45) is 5.92 Å². The van der Waals surface area contributed by atoms with Gasteiger partial charge >= 0.3 is 5.97 Å². The van der Waals surface area contributed by atoms with Gasteiger partial charge in [-0.05, 0) is 42.2 Å².